The summed E-state index contributed by atoms with van der Waals surface area (Å²) in [6, 6.07) is 6.39. The van der Waals surface area contributed by atoms with Crippen molar-refractivity contribution < 1.29 is 9.47 Å². The molecule has 0 saturated heterocycles. The van der Waals surface area contributed by atoms with Gasteiger partial charge in [0.1, 0.15) is 0 Å². The minimum absolute atomic E-state index is 0.283. The third-order valence-corrected chi connectivity index (χ3v) is 4.33. The second-order valence-electron chi connectivity index (χ2n) is 4.90. The van der Waals surface area contributed by atoms with Crippen molar-refractivity contribution in [3.63, 3.8) is 0 Å². The lowest BCUT2D eigenvalue weighted by atomic mass is 10.1. The lowest BCUT2D eigenvalue weighted by Crippen LogP contribution is -2.21. The molecule has 1 aromatic carbocycles. The predicted molar refractivity (Wildman–Crippen MR) is 79.5 cm³/mol. The van der Waals surface area contributed by atoms with Crippen LogP contribution in [0.3, 0.4) is 0 Å². The van der Waals surface area contributed by atoms with Crippen LogP contribution in [-0.4, -0.2) is 18.3 Å². The Morgan fingerprint density at radius 1 is 1.35 bits per heavy atom. The summed E-state index contributed by atoms with van der Waals surface area (Å²) in [5.74, 6) is 1.67. The van der Waals surface area contributed by atoms with Crippen molar-refractivity contribution in [2.45, 2.75) is 26.3 Å². The van der Waals surface area contributed by atoms with Gasteiger partial charge in [-0.15, -0.1) is 11.3 Å². The summed E-state index contributed by atoms with van der Waals surface area (Å²) >= 11 is 1.76. The molecule has 0 bridgehead atoms. The molecule has 0 aliphatic carbocycles. The molecule has 0 amide bonds. The molecular formula is C15H18N2O2S. The Morgan fingerprint density at radius 3 is 3.00 bits per heavy atom. The summed E-state index contributed by atoms with van der Waals surface area (Å²) < 4.78 is 10.7. The van der Waals surface area contributed by atoms with Crippen LogP contribution in [0.4, 0.5) is 0 Å². The summed E-state index contributed by atoms with van der Waals surface area (Å²) in [7, 11) is 0. The molecule has 0 unspecified atom stereocenters. The van der Waals surface area contributed by atoms with E-state index in [0.717, 1.165) is 24.5 Å². The molecule has 20 heavy (non-hydrogen) atoms. The zero-order valence-corrected chi connectivity index (χ0v) is 12.5. The highest BCUT2D eigenvalue weighted by atomic mass is 32.1. The van der Waals surface area contributed by atoms with E-state index in [1.54, 1.807) is 11.3 Å². The van der Waals surface area contributed by atoms with Gasteiger partial charge >= 0.3 is 0 Å². The van der Waals surface area contributed by atoms with Gasteiger partial charge in [-0.25, -0.2) is 4.98 Å². The van der Waals surface area contributed by atoms with Crippen LogP contribution < -0.4 is 14.8 Å². The molecule has 0 radical (unpaired) electrons. The summed E-state index contributed by atoms with van der Waals surface area (Å²) in [6.07, 6.45) is 2.90. The topological polar surface area (TPSA) is 43.4 Å². The smallest absolute Gasteiger partial charge is 0.231 e. The molecule has 1 aliphatic heterocycles. The van der Waals surface area contributed by atoms with Gasteiger partial charge in [-0.2, -0.15) is 0 Å². The number of thiazole rings is 1. The first-order valence-corrected chi connectivity index (χ1v) is 7.58. The summed E-state index contributed by atoms with van der Waals surface area (Å²) in [6.45, 7) is 5.49. The van der Waals surface area contributed by atoms with E-state index in [9.17, 15) is 0 Å². The van der Waals surface area contributed by atoms with Crippen LogP contribution in [0.5, 0.6) is 11.5 Å². The number of nitrogens with one attached hydrogen (secondary N) is 1. The maximum Gasteiger partial charge on any atom is 0.231 e. The van der Waals surface area contributed by atoms with Gasteiger partial charge in [-0.3, -0.25) is 0 Å². The number of hydrogen-bond acceptors (Lipinski definition) is 5. The fourth-order valence-electron chi connectivity index (χ4n) is 2.21. The molecule has 0 saturated carbocycles. The Kier molecular flexibility index (Phi) is 3.89. The van der Waals surface area contributed by atoms with Crippen molar-refractivity contribution in [1.82, 2.24) is 10.3 Å². The Hall–Kier alpha value is -1.59. The van der Waals surface area contributed by atoms with Crippen molar-refractivity contribution in [3.8, 4) is 11.5 Å². The number of ether oxygens (including phenoxy) is 2. The van der Waals surface area contributed by atoms with E-state index in [1.165, 1.54) is 15.4 Å². The lowest BCUT2D eigenvalue weighted by molar-refractivity contribution is 0.174. The molecule has 0 spiro atoms. The molecule has 4 nitrogen and oxygen atoms in total. The molecule has 3 rings (SSSR count). The maximum atomic E-state index is 5.41. The summed E-state index contributed by atoms with van der Waals surface area (Å²) in [5, 5.41) is 4.71. The Balaban J connectivity index is 1.55. The fourth-order valence-corrected chi connectivity index (χ4v) is 3.00. The van der Waals surface area contributed by atoms with Crippen molar-refractivity contribution in [2.24, 2.45) is 0 Å². The standard InChI is InChI=1S/C15H18N2O2S/c1-10-8-17-15(20-10)5-6-16-11(2)12-3-4-13-14(7-12)19-9-18-13/h3-4,7-8,11,16H,5-6,9H2,1-2H3/t11-/m0/s1. The molecule has 1 aromatic heterocycles. The van der Waals surface area contributed by atoms with Crippen molar-refractivity contribution >= 4 is 11.3 Å². The van der Waals surface area contributed by atoms with Crippen molar-refractivity contribution in [1.29, 1.82) is 0 Å². The van der Waals surface area contributed by atoms with Gasteiger partial charge in [-0.1, -0.05) is 6.07 Å². The number of nitrogens with zero attached hydrogens (tertiary/aromatic N) is 1. The quantitative estimate of drug-likeness (QED) is 0.919. The number of rotatable bonds is 5. The van der Waals surface area contributed by atoms with Gasteiger partial charge in [0.05, 0.1) is 5.01 Å². The van der Waals surface area contributed by atoms with Gasteiger partial charge in [0.2, 0.25) is 6.79 Å². The highest BCUT2D eigenvalue weighted by Crippen LogP contribution is 2.34. The normalized spacial score (nSPS) is 14.5. The predicted octanol–water partition coefficient (Wildman–Crippen LogP) is 3.07. The van der Waals surface area contributed by atoms with Gasteiger partial charge < -0.3 is 14.8 Å². The third-order valence-electron chi connectivity index (χ3n) is 3.36. The fraction of sp³-hybridized carbons (Fsp3) is 0.400. The van der Waals surface area contributed by atoms with Gasteiger partial charge in [0.25, 0.3) is 0 Å². The number of aromatic nitrogens is 1. The SMILES string of the molecule is Cc1cnc(CCN[C@@H](C)c2ccc3c(c2)OCO3)s1. The maximum absolute atomic E-state index is 5.41. The van der Waals surface area contributed by atoms with Gasteiger partial charge in [0, 0.05) is 30.1 Å². The monoisotopic (exact) mass is 290 g/mol. The average Bonchev–Trinajstić information content (AvgIpc) is 3.06. The van der Waals surface area contributed by atoms with E-state index >= 15 is 0 Å². The molecule has 2 aromatic rings. The highest BCUT2D eigenvalue weighted by Gasteiger charge is 2.15. The second kappa shape index (κ2) is 5.81. The molecule has 1 aliphatic rings. The van der Waals surface area contributed by atoms with Crippen molar-refractivity contribution in [3.05, 3.63) is 39.8 Å². The minimum Gasteiger partial charge on any atom is -0.454 e. The molecule has 1 atom stereocenters. The largest absolute Gasteiger partial charge is 0.454 e. The first-order chi connectivity index (χ1) is 9.72. The Morgan fingerprint density at radius 2 is 2.20 bits per heavy atom. The van der Waals surface area contributed by atoms with Crippen LogP contribution in [0.2, 0.25) is 0 Å². The summed E-state index contributed by atoms with van der Waals surface area (Å²) in [5.41, 5.74) is 1.21. The van der Waals surface area contributed by atoms with Crippen LogP contribution >= 0.6 is 11.3 Å². The van der Waals surface area contributed by atoms with Crippen LogP contribution in [0, 0.1) is 6.92 Å². The summed E-state index contributed by atoms with van der Waals surface area (Å²) in [4.78, 5) is 5.64. The van der Waals surface area contributed by atoms with E-state index in [2.05, 4.69) is 30.2 Å². The third kappa shape index (κ3) is 2.94. The van der Waals surface area contributed by atoms with E-state index < -0.39 is 0 Å². The van der Waals surface area contributed by atoms with Gasteiger partial charge in [-0.05, 0) is 31.5 Å². The average molecular weight is 290 g/mol. The highest BCUT2D eigenvalue weighted by molar-refractivity contribution is 7.11. The first kappa shape index (κ1) is 13.4. The number of fused-ring (bicyclic) bond motifs is 1. The second-order valence-corrected chi connectivity index (χ2v) is 6.22. The van der Waals surface area contributed by atoms with Crippen LogP contribution in [0.1, 0.15) is 28.4 Å². The molecule has 106 valence electrons. The minimum atomic E-state index is 0.283. The van der Waals surface area contributed by atoms with Crippen molar-refractivity contribution in [2.75, 3.05) is 13.3 Å². The van der Waals surface area contributed by atoms with E-state index in [4.69, 9.17) is 9.47 Å². The van der Waals surface area contributed by atoms with Gasteiger partial charge in [0.15, 0.2) is 11.5 Å². The van der Waals surface area contributed by atoms with Crippen LogP contribution in [0.25, 0.3) is 0 Å². The zero-order valence-electron chi connectivity index (χ0n) is 11.7. The first-order valence-electron chi connectivity index (χ1n) is 6.76. The van der Waals surface area contributed by atoms with Crippen LogP contribution in [0.15, 0.2) is 24.4 Å². The Bertz CT molecular complexity index is 597. The zero-order chi connectivity index (χ0) is 13.9. The molecule has 5 heteroatoms. The molecule has 2 heterocycles. The van der Waals surface area contributed by atoms with E-state index in [-0.39, 0.29) is 6.04 Å². The number of aryl methyl sites for hydroxylation is 1. The molecule has 0 fully saturated rings. The lowest BCUT2D eigenvalue weighted by Gasteiger charge is -2.14. The number of hydrogen-bond donors (Lipinski definition) is 1. The molecular weight excluding hydrogens is 272 g/mol. The Labute approximate surface area is 122 Å². The van der Waals surface area contributed by atoms with Crippen LogP contribution in [-0.2, 0) is 6.42 Å². The van der Waals surface area contributed by atoms with E-state index in [1.807, 2.05) is 18.3 Å². The van der Waals surface area contributed by atoms with E-state index in [0.29, 0.717) is 6.79 Å². The molecule has 1 N–H and O–H groups in total. The number of benzene rings is 1.